The van der Waals surface area contributed by atoms with Crippen LogP contribution in [-0.4, -0.2) is 0 Å². The summed E-state index contributed by atoms with van der Waals surface area (Å²) in [6.45, 7) is 0. The lowest BCUT2D eigenvalue weighted by Gasteiger charge is -2.12. The molecule has 0 radical (unpaired) electrons. The molecule has 0 N–H and O–H groups in total. The van der Waals surface area contributed by atoms with Gasteiger partial charge in [0.15, 0.2) is 0 Å². The van der Waals surface area contributed by atoms with E-state index in [0.717, 1.165) is 0 Å². The first-order chi connectivity index (χ1) is 8.99. The molecular formula is C14H9BrClF3. The Morgan fingerprint density at radius 2 is 1.63 bits per heavy atom. The van der Waals surface area contributed by atoms with E-state index >= 15 is 0 Å². The number of rotatable bonds is 3. The molecule has 0 nitrogen and oxygen atoms in total. The summed E-state index contributed by atoms with van der Waals surface area (Å²) in [6, 6.07) is 8.01. The molecule has 0 aliphatic heterocycles. The lowest BCUT2D eigenvalue weighted by atomic mass is 10.0. The van der Waals surface area contributed by atoms with Gasteiger partial charge in [0.05, 0.1) is 9.85 Å². The van der Waals surface area contributed by atoms with Gasteiger partial charge in [0.1, 0.15) is 17.5 Å². The van der Waals surface area contributed by atoms with Crippen LogP contribution < -0.4 is 0 Å². The SMILES string of the molecule is Fc1cc(C(Cl)Cc2c(F)cccc2F)ccc1Br. The molecule has 2 aromatic rings. The van der Waals surface area contributed by atoms with Gasteiger partial charge >= 0.3 is 0 Å². The van der Waals surface area contributed by atoms with Gasteiger partial charge in [0.2, 0.25) is 0 Å². The number of halogens is 5. The van der Waals surface area contributed by atoms with E-state index in [2.05, 4.69) is 15.9 Å². The molecule has 0 bridgehead atoms. The van der Waals surface area contributed by atoms with Crippen LogP contribution in [0.5, 0.6) is 0 Å². The van der Waals surface area contributed by atoms with Crippen molar-refractivity contribution in [2.24, 2.45) is 0 Å². The van der Waals surface area contributed by atoms with Crippen LogP contribution >= 0.6 is 27.5 Å². The normalized spacial score (nSPS) is 12.5. The standard InChI is InChI=1S/C14H9BrClF3/c15-10-5-4-8(6-14(10)19)11(16)7-9-12(17)2-1-3-13(9)18/h1-6,11H,7H2. The van der Waals surface area contributed by atoms with E-state index in [-0.39, 0.29) is 12.0 Å². The van der Waals surface area contributed by atoms with Crippen molar-refractivity contribution in [1.29, 1.82) is 0 Å². The van der Waals surface area contributed by atoms with E-state index in [1.165, 1.54) is 30.3 Å². The maximum absolute atomic E-state index is 13.5. The Hall–Kier alpha value is -1.00. The highest BCUT2D eigenvalue weighted by molar-refractivity contribution is 9.10. The summed E-state index contributed by atoms with van der Waals surface area (Å²) in [5, 5.41) is -0.700. The number of hydrogen-bond donors (Lipinski definition) is 0. The zero-order valence-corrected chi connectivity index (χ0v) is 12.0. The van der Waals surface area contributed by atoms with Crippen LogP contribution in [-0.2, 0) is 6.42 Å². The molecule has 0 aliphatic carbocycles. The third-order valence-corrected chi connectivity index (χ3v) is 3.80. The topological polar surface area (TPSA) is 0 Å². The van der Waals surface area contributed by atoms with Gasteiger partial charge in [-0.25, -0.2) is 13.2 Å². The fraction of sp³-hybridized carbons (Fsp3) is 0.143. The van der Waals surface area contributed by atoms with E-state index in [1.54, 1.807) is 6.07 Å². The Labute approximate surface area is 122 Å². The fourth-order valence-corrected chi connectivity index (χ4v) is 2.27. The molecule has 5 heteroatoms. The summed E-state index contributed by atoms with van der Waals surface area (Å²) in [5.74, 6) is -1.76. The molecule has 100 valence electrons. The summed E-state index contributed by atoms with van der Waals surface area (Å²) < 4.78 is 40.7. The molecule has 2 aromatic carbocycles. The Bertz CT molecular complexity index is 581. The molecule has 0 aliphatic rings. The van der Waals surface area contributed by atoms with Crippen LogP contribution in [0.3, 0.4) is 0 Å². The van der Waals surface area contributed by atoms with Crippen LogP contribution in [0.1, 0.15) is 16.5 Å². The summed E-state index contributed by atoms with van der Waals surface area (Å²) in [7, 11) is 0. The van der Waals surface area contributed by atoms with Crippen molar-refractivity contribution in [3.05, 3.63) is 69.4 Å². The molecule has 0 saturated carbocycles. The van der Waals surface area contributed by atoms with Crippen molar-refractivity contribution >= 4 is 27.5 Å². The first-order valence-electron chi connectivity index (χ1n) is 5.51. The van der Waals surface area contributed by atoms with Gasteiger partial charge in [-0.2, -0.15) is 0 Å². The van der Waals surface area contributed by atoms with Gasteiger partial charge in [-0.1, -0.05) is 12.1 Å². The van der Waals surface area contributed by atoms with E-state index in [1.807, 2.05) is 0 Å². The second-order valence-corrected chi connectivity index (χ2v) is 5.43. The highest BCUT2D eigenvalue weighted by Crippen LogP contribution is 2.29. The van der Waals surface area contributed by atoms with E-state index in [0.29, 0.717) is 10.0 Å². The predicted molar refractivity (Wildman–Crippen MR) is 72.8 cm³/mol. The summed E-state index contributed by atoms with van der Waals surface area (Å²) in [6.07, 6.45) is -0.0405. The second kappa shape index (κ2) is 5.97. The maximum Gasteiger partial charge on any atom is 0.137 e. The highest BCUT2D eigenvalue weighted by atomic mass is 79.9. The average Bonchev–Trinajstić information content (AvgIpc) is 2.37. The third-order valence-electron chi connectivity index (χ3n) is 2.75. The summed E-state index contributed by atoms with van der Waals surface area (Å²) in [4.78, 5) is 0. The van der Waals surface area contributed by atoms with Crippen molar-refractivity contribution in [1.82, 2.24) is 0 Å². The Morgan fingerprint density at radius 1 is 1.00 bits per heavy atom. The molecule has 1 atom stereocenters. The van der Waals surface area contributed by atoms with Gasteiger partial charge in [0, 0.05) is 5.56 Å². The lowest BCUT2D eigenvalue weighted by Crippen LogP contribution is -2.02. The number of alkyl halides is 1. The van der Waals surface area contributed by atoms with Crippen LogP contribution in [0, 0.1) is 17.5 Å². The summed E-state index contributed by atoms with van der Waals surface area (Å²) in [5.41, 5.74) is 0.385. The van der Waals surface area contributed by atoms with E-state index in [9.17, 15) is 13.2 Å². The molecule has 0 spiro atoms. The molecule has 0 amide bonds. The minimum atomic E-state index is -0.700. The van der Waals surface area contributed by atoms with E-state index in [4.69, 9.17) is 11.6 Å². The molecule has 0 heterocycles. The Kier molecular flexibility index (Phi) is 4.53. The van der Waals surface area contributed by atoms with Gasteiger partial charge in [0.25, 0.3) is 0 Å². The molecular weight excluding hydrogens is 341 g/mol. The lowest BCUT2D eigenvalue weighted by molar-refractivity contribution is 0.552. The first kappa shape index (κ1) is 14.4. The zero-order chi connectivity index (χ0) is 14.0. The van der Waals surface area contributed by atoms with Crippen LogP contribution in [0.25, 0.3) is 0 Å². The Morgan fingerprint density at radius 3 is 2.21 bits per heavy atom. The van der Waals surface area contributed by atoms with Crippen LogP contribution in [0.15, 0.2) is 40.9 Å². The Balaban J connectivity index is 2.25. The quantitative estimate of drug-likeness (QED) is 0.652. The van der Waals surface area contributed by atoms with Crippen molar-refractivity contribution in [3.8, 4) is 0 Å². The molecule has 0 aromatic heterocycles. The minimum absolute atomic E-state index is 0.0405. The summed E-state index contributed by atoms with van der Waals surface area (Å²) >= 11 is 9.12. The number of hydrogen-bond acceptors (Lipinski definition) is 0. The zero-order valence-electron chi connectivity index (χ0n) is 9.64. The van der Waals surface area contributed by atoms with Gasteiger partial charge in [-0.05, 0) is 52.2 Å². The number of benzene rings is 2. The highest BCUT2D eigenvalue weighted by Gasteiger charge is 2.16. The molecule has 0 saturated heterocycles. The third kappa shape index (κ3) is 3.31. The largest absolute Gasteiger partial charge is 0.207 e. The molecule has 1 unspecified atom stereocenters. The van der Waals surface area contributed by atoms with Gasteiger partial charge in [-0.3, -0.25) is 0 Å². The molecule has 19 heavy (non-hydrogen) atoms. The van der Waals surface area contributed by atoms with Gasteiger partial charge in [-0.15, -0.1) is 11.6 Å². The van der Waals surface area contributed by atoms with Crippen LogP contribution in [0.2, 0.25) is 0 Å². The minimum Gasteiger partial charge on any atom is -0.207 e. The average molecular weight is 350 g/mol. The molecule has 2 rings (SSSR count). The maximum atomic E-state index is 13.5. The first-order valence-corrected chi connectivity index (χ1v) is 6.74. The predicted octanol–water partition coefficient (Wildman–Crippen LogP) is 5.39. The molecule has 0 fully saturated rings. The van der Waals surface area contributed by atoms with Gasteiger partial charge < -0.3 is 0 Å². The van der Waals surface area contributed by atoms with Crippen molar-refractivity contribution in [2.75, 3.05) is 0 Å². The fourth-order valence-electron chi connectivity index (χ4n) is 1.73. The van der Waals surface area contributed by atoms with Crippen molar-refractivity contribution in [3.63, 3.8) is 0 Å². The second-order valence-electron chi connectivity index (χ2n) is 4.05. The van der Waals surface area contributed by atoms with E-state index < -0.39 is 22.8 Å². The smallest absolute Gasteiger partial charge is 0.137 e. The monoisotopic (exact) mass is 348 g/mol. The van der Waals surface area contributed by atoms with Crippen molar-refractivity contribution in [2.45, 2.75) is 11.8 Å². The van der Waals surface area contributed by atoms with Crippen molar-refractivity contribution < 1.29 is 13.2 Å². The van der Waals surface area contributed by atoms with Crippen LogP contribution in [0.4, 0.5) is 13.2 Å².